The van der Waals surface area contributed by atoms with Crippen LogP contribution in [0.5, 0.6) is 0 Å². The SMILES string of the molecule is CC(NC1CCN(C2CC2)CC1)c1ccc(F)c(Cl)c1. The van der Waals surface area contributed by atoms with Gasteiger partial charge in [0.05, 0.1) is 5.02 Å². The highest BCUT2D eigenvalue weighted by Crippen LogP contribution is 2.30. The fourth-order valence-corrected chi connectivity index (χ4v) is 3.29. The average Bonchev–Trinajstić information content (AvgIpc) is 3.27. The Balaban J connectivity index is 1.53. The Hall–Kier alpha value is -0.640. The van der Waals surface area contributed by atoms with Gasteiger partial charge in [-0.15, -0.1) is 0 Å². The van der Waals surface area contributed by atoms with E-state index < -0.39 is 0 Å². The monoisotopic (exact) mass is 296 g/mol. The van der Waals surface area contributed by atoms with Crippen LogP contribution in [0.3, 0.4) is 0 Å². The molecule has 110 valence electrons. The van der Waals surface area contributed by atoms with Gasteiger partial charge in [-0.3, -0.25) is 0 Å². The highest BCUT2D eigenvalue weighted by atomic mass is 35.5. The van der Waals surface area contributed by atoms with Crippen LogP contribution >= 0.6 is 11.6 Å². The van der Waals surface area contributed by atoms with Gasteiger partial charge in [-0.25, -0.2) is 4.39 Å². The molecule has 20 heavy (non-hydrogen) atoms. The second-order valence-electron chi connectivity index (χ2n) is 6.10. The number of halogens is 2. The maximum atomic E-state index is 13.2. The van der Waals surface area contributed by atoms with Crippen molar-refractivity contribution in [3.63, 3.8) is 0 Å². The first-order valence-electron chi connectivity index (χ1n) is 7.58. The van der Waals surface area contributed by atoms with E-state index in [2.05, 4.69) is 17.1 Å². The van der Waals surface area contributed by atoms with Crippen molar-refractivity contribution in [2.75, 3.05) is 13.1 Å². The molecular formula is C16H22ClFN2. The number of nitrogens with one attached hydrogen (secondary N) is 1. The van der Waals surface area contributed by atoms with Gasteiger partial charge < -0.3 is 10.2 Å². The van der Waals surface area contributed by atoms with E-state index in [0.29, 0.717) is 6.04 Å². The lowest BCUT2D eigenvalue weighted by Crippen LogP contribution is -2.44. The molecule has 1 aliphatic carbocycles. The van der Waals surface area contributed by atoms with E-state index in [1.54, 1.807) is 6.07 Å². The molecule has 0 amide bonds. The summed E-state index contributed by atoms with van der Waals surface area (Å²) in [5.41, 5.74) is 1.06. The van der Waals surface area contributed by atoms with Crippen molar-refractivity contribution < 1.29 is 4.39 Å². The molecule has 1 heterocycles. The third kappa shape index (κ3) is 3.33. The van der Waals surface area contributed by atoms with Crippen LogP contribution in [-0.4, -0.2) is 30.1 Å². The summed E-state index contributed by atoms with van der Waals surface area (Å²) in [4.78, 5) is 2.62. The summed E-state index contributed by atoms with van der Waals surface area (Å²) in [6.07, 6.45) is 5.19. The van der Waals surface area contributed by atoms with Gasteiger partial charge >= 0.3 is 0 Å². The zero-order valence-corrected chi connectivity index (χ0v) is 12.7. The maximum absolute atomic E-state index is 13.2. The van der Waals surface area contributed by atoms with E-state index in [4.69, 9.17) is 11.6 Å². The number of benzene rings is 1. The lowest BCUT2D eigenvalue weighted by molar-refractivity contribution is 0.184. The number of hydrogen-bond donors (Lipinski definition) is 1. The third-order valence-corrected chi connectivity index (χ3v) is 4.81. The maximum Gasteiger partial charge on any atom is 0.141 e. The number of nitrogens with zero attached hydrogens (tertiary/aromatic N) is 1. The number of piperidine rings is 1. The fourth-order valence-electron chi connectivity index (χ4n) is 3.10. The summed E-state index contributed by atoms with van der Waals surface area (Å²) >= 11 is 5.85. The first-order valence-corrected chi connectivity index (χ1v) is 7.96. The Morgan fingerprint density at radius 1 is 1.25 bits per heavy atom. The molecule has 1 unspecified atom stereocenters. The van der Waals surface area contributed by atoms with Crippen LogP contribution < -0.4 is 5.32 Å². The first kappa shape index (κ1) is 14.3. The van der Waals surface area contributed by atoms with Crippen LogP contribution in [0.15, 0.2) is 18.2 Å². The molecule has 3 rings (SSSR count). The highest BCUT2D eigenvalue weighted by molar-refractivity contribution is 6.30. The van der Waals surface area contributed by atoms with E-state index in [1.807, 2.05) is 6.07 Å². The standard InChI is InChI=1S/C16H22ClFN2/c1-11(12-2-5-16(18)15(17)10-12)19-13-6-8-20(9-7-13)14-3-4-14/h2,5,10-11,13-14,19H,3-4,6-9H2,1H3. The summed E-state index contributed by atoms with van der Waals surface area (Å²) in [5, 5.41) is 3.86. The van der Waals surface area contributed by atoms with Crippen LogP contribution in [-0.2, 0) is 0 Å². The molecule has 0 aromatic heterocycles. The van der Waals surface area contributed by atoms with Gasteiger partial charge in [0, 0.05) is 18.1 Å². The quantitative estimate of drug-likeness (QED) is 0.910. The third-order valence-electron chi connectivity index (χ3n) is 4.52. The van der Waals surface area contributed by atoms with Crippen molar-refractivity contribution in [2.45, 2.75) is 50.7 Å². The molecule has 1 atom stereocenters. The lowest BCUT2D eigenvalue weighted by Gasteiger charge is -2.34. The molecule has 0 spiro atoms. The summed E-state index contributed by atoms with van der Waals surface area (Å²) in [7, 11) is 0. The Morgan fingerprint density at radius 2 is 1.95 bits per heavy atom. The van der Waals surface area contributed by atoms with Crippen molar-refractivity contribution in [2.24, 2.45) is 0 Å². The minimum Gasteiger partial charge on any atom is -0.307 e. The van der Waals surface area contributed by atoms with Crippen molar-refractivity contribution in [1.82, 2.24) is 10.2 Å². The number of likely N-dealkylation sites (tertiary alicyclic amines) is 1. The van der Waals surface area contributed by atoms with Gasteiger partial charge in [-0.1, -0.05) is 17.7 Å². The largest absolute Gasteiger partial charge is 0.307 e. The molecule has 0 bridgehead atoms. The van der Waals surface area contributed by atoms with Crippen molar-refractivity contribution >= 4 is 11.6 Å². The predicted molar refractivity (Wildman–Crippen MR) is 80.6 cm³/mol. The fraction of sp³-hybridized carbons (Fsp3) is 0.625. The van der Waals surface area contributed by atoms with Crippen LogP contribution in [0.2, 0.25) is 5.02 Å². The van der Waals surface area contributed by atoms with Gasteiger partial charge in [0.15, 0.2) is 0 Å². The lowest BCUT2D eigenvalue weighted by atomic mass is 10.0. The van der Waals surface area contributed by atoms with E-state index in [0.717, 1.165) is 11.6 Å². The van der Waals surface area contributed by atoms with E-state index in [9.17, 15) is 4.39 Å². The van der Waals surface area contributed by atoms with Gasteiger partial charge in [-0.05, 0) is 63.4 Å². The molecule has 1 N–H and O–H groups in total. The van der Waals surface area contributed by atoms with Crippen LogP contribution in [0.4, 0.5) is 4.39 Å². The van der Waals surface area contributed by atoms with E-state index >= 15 is 0 Å². The molecular weight excluding hydrogens is 275 g/mol. The molecule has 2 fully saturated rings. The van der Waals surface area contributed by atoms with Gasteiger partial charge in [-0.2, -0.15) is 0 Å². The topological polar surface area (TPSA) is 15.3 Å². The summed E-state index contributed by atoms with van der Waals surface area (Å²) in [5.74, 6) is -0.347. The molecule has 1 saturated carbocycles. The molecule has 1 aromatic rings. The molecule has 1 aromatic carbocycles. The Labute approximate surface area is 125 Å². The van der Waals surface area contributed by atoms with Crippen molar-refractivity contribution in [3.8, 4) is 0 Å². The zero-order valence-electron chi connectivity index (χ0n) is 11.9. The van der Waals surface area contributed by atoms with Crippen LogP contribution in [0.1, 0.15) is 44.2 Å². The Kier molecular flexibility index (Phi) is 4.29. The summed E-state index contributed by atoms with van der Waals surface area (Å²) < 4.78 is 13.2. The van der Waals surface area contributed by atoms with Gasteiger partial charge in [0.25, 0.3) is 0 Å². The smallest absolute Gasteiger partial charge is 0.141 e. The van der Waals surface area contributed by atoms with Crippen LogP contribution in [0, 0.1) is 5.82 Å². The van der Waals surface area contributed by atoms with Gasteiger partial charge in [0.2, 0.25) is 0 Å². The summed E-state index contributed by atoms with van der Waals surface area (Å²) in [6, 6.07) is 6.65. The summed E-state index contributed by atoms with van der Waals surface area (Å²) in [6.45, 7) is 4.54. The number of hydrogen-bond acceptors (Lipinski definition) is 2. The molecule has 0 radical (unpaired) electrons. The van der Waals surface area contributed by atoms with Crippen LogP contribution in [0.25, 0.3) is 0 Å². The molecule has 4 heteroatoms. The van der Waals surface area contributed by atoms with Crippen molar-refractivity contribution in [3.05, 3.63) is 34.6 Å². The first-order chi connectivity index (χ1) is 9.63. The second-order valence-corrected chi connectivity index (χ2v) is 6.51. The van der Waals surface area contributed by atoms with Gasteiger partial charge in [0.1, 0.15) is 5.82 Å². The minimum absolute atomic E-state index is 0.208. The molecule has 2 nitrogen and oxygen atoms in total. The number of rotatable bonds is 4. The molecule has 1 saturated heterocycles. The molecule has 1 aliphatic heterocycles. The normalized spacial score (nSPS) is 22.9. The van der Waals surface area contributed by atoms with Crippen molar-refractivity contribution in [1.29, 1.82) is 0 Å². The Bertz CT molecular complexity index is 468. The van der Waals surface area contributed by atoms with E-state index in [-0.39, 0.29) is 16.9 Å². The zero-order chi connectivity index (χ0) is 14.1. The molecule has 2 aliphatic rings. The second kappa shape index (κ2) is 6.00. The van der Waals surface area contributed by atoms with E-state index in [1.165, 1.54) is 44.8 Å². The Morgan fingerprint density at radius 3 is 2.55 bits per heavy atom. The predicted octanol–water partition coefficient (Wildman–Crippen LogP) is 3.76. The highest BCUT2D eigenvalue weighted by Gasteiger charge is 2.31. The average molecular weight is 297 g/mol. The minimum atomic E-state index is -0.347.